The second kappa shape index (κ2) is 7.52. The summed E-state index contributed by atoms with van der Waals surface area (Å²) >= 11 is 3.51. The molecule has 0 spiro atoms. The van der Waals surface area contributed by atoms with Crippen LogP contribution in [-0.2, 0) is 4.79 Å². The van der Waals surface area contributed by atoms with Gasteiger partial charge in [-0.1, -0.05) is 58.4 Å². The molecule has 4 rings (SSSR count). The molecule has 1 aliphatic rings. The minimum atomic E-state index is -0.444. The quantitative estimate of drug-likeness (QED) is 0.587. The third-order valence-corrected chi connectivity index (χ3v) is 5.30. The summed E-state index contributed by atoms with van der Waals surface area (Å²) in [5, 5.41) is 10.8. The third-order valence-electron chi connectivity index (χ3n) is 4.81. The van der Waals surface area contributed by atoms with Crippen LogP contribution in [-0.4, -0.2) is 18.1 Å². The first-order valence-corrected chi connectivity index (χ1v) is 9.61. The van der Waals surface area contributed by atoms with Gasteiger partial charge in [0.05, 0.1) is 13.2 Å². The maximum absolute atomic E-state index is 13.1. The molecule has 5 heteroatoms. The summed E-state index contributed by atoms with van der Waals surface area (Å²) < 4.78 is 6.14. The molecule has 28 heavy (non-hydrogen) atoms. The van der Waals surface area contributed by atoms with E-state index in [0.29, 0.717) is 17.0 Å². The van der Waals surface area contributed by atoms with E-state index in [9.17, 15) is 9.90 Å². The van der Waals surface area contributed by atoms with E-state index in [1.165, 1.54) is 0 Å². The molecule has 1 atom stereocenters. The van der Waals surface area contributed by atoms with Gasteiger partial charge < -0.3 is 9.84 Å². The molecule has 0 bridgehead atoms. The molecular weight excluding hydrogens is 418 g/mol. The predicted octanol–water partition coefficient (Wildman–Crippen LogP) is 5.51. The molecule has 0 aromatic heterocycles. The summed E-state index contributed by atoms with van der Waals surface area (Å²) in [6, 6.07) is 24.1. The summed E-state index contributed by atoms with van der Waals surface area (Å²) in [5.74, 6) is 0.0517. The van der Waals surface area contributed by atoms with Crippen LogP contribution in [0.5, 0.6) is 5.75 Å². The number of rotatable bonds is 4. The molecule has 1 heterocycles. The molecule has 0 aliphatic carbocycles. The molecule has 0 radical (unpaired) electrons. The van der Waals surface area contributed by atoms with E-state index in [2.05, 4.69) is 15.9 Å². The lowest BCUT2D eigenvalue weighted by atomic mass is 9.93. The van der Waals surface area contributed by atoms with Gasteiger partial charge in [0.15, 0.2) is 5.76 Å². The molecule has 4 nitrogen and oxygen atoms in total. The van der Waals surface area contributed by atoms with Gasteiger partial charge in [0, 0.05) is 15.7 Å². The highest BCUT2D eigenvalue weighted by Gasteiger charge is 2.41. The van der Waals surface area contributed by atoms with Crippen LogP contribution >= 0.6 is 15.9 Å². The van der Waals surface area contributed by atoms with Crippen LogP contribution in [0.1, 0.15) is 17.2 Å². The van der Waals surface area contributed by atoms with Gasteiger partial charge in [0.2, 0.25) is 0 Å². The molecule has 0 saturated heterocycles. The average Bonchev–Trinajstić information content (AvgIpc) is 3.00. The minimum Gasteiger partial charge on any atom is -0.503 e. The van der Waals surface area contributed by atoms with Gasteiger partial charge in [-0.25, -0.2) is 0 Å². The average molecular weight is 436 g/mol. The van der Waals surface area contributed by atoms with Crippen molar-refractivity contribution in [2.45, 2.75) is 6.04 Å². The smallest absolute Gasteiger partial charge is 0.294 e. The summed E-state index contributed by atoms with van der Waals surface area (Å²) in [4.78, 5) is 14.7. The Labute approximate surface area is 171 Å². The first-order chi connectivity index (χ1) is 13.6. The number of carbonyl (C=O) groups is 1. The van der Waals surface area contributed by atoms with Crippen molar-refractivity contribution in [3.8, 4) is 5.75 Å². The van der Waals surface area contributed by atoms with Crippen LogP contribution in [0.3, 0.4) is 0 Å². The second-order valence-corrected chi connectivity index (χ2v) is 7.37. The summed E-state index contributed by atoms with van der Waals surface area (Å²) in [5.41, 5.74) is 3.00. The lowest BCUT2D eigenvalue weighted by Crippen LogP contribution is -2.30. The molecule has 3 aromatic carbocycles. The van der Waals surface area contributed by atoms with Gasteiger partial charge in [0.25, 0.3) is 5.91 Å². The molecular formula is C23H18BrNO3. The number of halogens is 1. The predicted molar refractivity (Wildman–Crippen MR) is 113 cm³/mol. The highest BCUT2D eigenvalue weighted by molar-refractivity contribution is 9.10. The van der Waals surface area contributed by atoms with E-state index in [1.807, 2.05) is 66.7 Å². The first-order valence-electron chi connectivity index (χ1n) is 8.82. The standard InChI is InChI=1S/C23H18BrNO3/c1-28-19-12-10-18(11-13-19)25-21(16-8-5-9-17(24)14-16)20(22(26)23(25)27)15-6-3-2-4-7-15/h2-14,21,26H,1H3/t21-/m0/s1. The number of anilines is 1. The number of ether oxygens (including phenoxy) is 1. The first kappa shape index (κ1) is 18.3. The Hall–Kier alpha value is -3.05. The van der Waals surface area contributed by atoms with E-state index in [1.54, 1.807) is 24.1 Å². The maximum Gasteiger partial charge on any atom is 0.294 e. The fourth-order valence-electron chi connectivity index (χ4n) is 3.52. The molecule has 0 unspecified atom stereocenters. The molecule has 1 aliphatic heterocycles. The Balaban J connectivity index is 1.89. The Morgan fingerprint density at radius 1 is 0.964 bits per heavy atom. The molecule has 1 amide bonds. The number of hydrogen-bond donors (Lipinski definition) is 1. The van der Waals surface area contributed by atoms with Crippen molar-refractivity contribution < 1.29 is 14.6 Å². The lowest BCUT2D eigenvalue weighted by molar-refractivity contribution is -0.117. The van der Waals surface area contributed by atoms with Crippen LogP contribution in [0.15, 0.2) is 89.1 Å². The zero-order valence-electron chi connectivity index (χ0n) is 15.2. The summed E-state index contributed by atoms with van der Waals surface area (Å²) in [6.45, 7) is 0. The van der Waals surface area contributed by atoms with Crippen molar-refractivity contribution in [3.05, 3.63) is 100 Å². The number of nitrogens with zero attached hydrogens (tertiary/aromatic N) is 1. The molecule has 3 aromatic rings. The van der Waals surface area contributed by atoms with Gasteiger partial charge >= 0.3 is 0 Å². The monoisotopic (exact) mass is 435 g/mol. The van der Waals surface area contributed by atoms with Crippen molar-refractivity contribution in [2.75, 3.05) is 12.0 Å². The van der Waals surface area contributed by atoms with Crippen LogP contribution in [0.4, 0.5) is 5.69 Å². The van der Waals surface area contributed by atoms with E-state index in [-0.39, 0.29) is 5.76 Å². The lowest BCUT2D eigenvalue weighted by Gasteiger charge is -2.27. The van der Waals surface area contributed by atoms with Gasteiger partial charge in [0.1, 0.15) is 5.75 Å². The van der Waals surface area contributed by atoms with E-state index in [0.717, 1.165) is 15.6 Å². The topological polar surface area (TPSA) is 49.8 Å². The Morgan fingerprint density at radius 2 is 1.68 bits per heavy atom. The fourth-order valence-corrected chi connectivity index (χ4v) is 3.94. The number of benzene rings is 3. The fraction of sp³-hybridized carbons (Fsp3) is 0.0870. The number of hydrogen-bond acceptors (Lipinski definition) is 3. The summed E-state index contributed by atoms with van der Waals surface area (Å²) in [6.07, 6.45) is 0. The highest BCUT2D eigenvalue weighted by Crippen LogP contribution is 2.45. The zero-order valence-corrected chi connectivity index (χ0v) is 16.8. The number of aliphatic hydroxyl groups is 1. The maximum atomic E-state index is 13.1. The van der Waals surface area contributed by atoms with Crippen molar-refractivity contribution in [3.63, 3.8) is 0 Å². The van der Waals surface area contributed by atoms with E-state index >= 15 is 0 Å². The molecule has 0 saturated carbocycles. The number of aliphatic hydroxyl groups excluding tert-OH is 1. The van der Waals surface area contributed by atoms with Crippen molar-refractivity contribution in [2.24, 2.45) is 0 Å². The minimum absolute atomic E-state index is 0.230. The zero-order chi connectivity index (χ0) is 19.7. The van der Waals surface area contributed by atoms with Crippen molar-refractivity contribution >= 4 is 33.1 Å². The SMILES string of the molecule is COc1ccc(N2C(=O)C(O)=C(c3ccccc3)[C@@H]2c2cccc(Br)c2)cc1. The number of carbonyl (C=O) groups excluding carboxylic acids is 1. The van der Waals surface area contributed by atoms with Gasteiger partial charge in [-0.3, -0.25) is 9.69 Å². The molecule has 1 N–H and O–H groups in total. The normalized spacial score (nSPS) is 16.6. The summed E-state index contributed by atoms with van der Waals surface area (Å²) in [7, 11) is 1.60. The number of amides is 1. The molecule has 140 valence electrons. The van der Waals surface area contributed by atoms with Crippen LogP contribution < -0.4 is 9.64 Å². The van der Waals surface area contributed by atoms with Crippen molar-refractivity contribution in [1.82, 2.24) is 0 Å². The van der Waals surface area contributed by atoms with Crippen molar-refractivity contribution in [1.29, 1.82) is 0 Å². The molecule has 0 fully saturated rings. The van der Waals surface area contributed by atoms with Crippen LogP contribution in [0.25, 0.3) is 5.57 Å². The Kier molecular flexibility index (Phi) is 4.92. The van der Waals surface area contributed by atoms with Crippen LogP contribution in [0.2, 0.25) is 0 Å². The third kappa shape index (κ3) is 3.18. The Bertz CT molecular complexity index is 1040. The van der Waals surface area contributed by atoms with Gasteiger partial charge in [-0.2, -0.15) is 0 Å². The van der Waals surface area contributed by atoms with Crippen LogP contribution in [0, 0.1) is 0 Å². The van der Waals surface area contributed by atoms with Gasteiger partial charge in [-0.15, -0.1) is 0 Å². The van der Waals surface area contributed by atoms with E-state index < -0.39 is 11.9 Å². The van der Waals surface area contributed by atoms with Gasteiger partial charge in [-0.05, 0) is 47.5 Å². The Morgan fingerprint density at radius 3 is 2.32 bits per heavy atom. The van der Waals surface area contributed by atoms with E-state index in [4.69, 9.17) is 4.74 Å². The second-order valence-electron chi connectivity index (χ2n) is 6.46. The largest absolute Gasteiger partial charge is 0.503 e. The highest BCUT2D eigenvalue weighted by atomic mass is 79.9. The number of methoxy groups -OCH3 is 1.